The van der Waals surface area contributed by atoms with Crippen LogP contribution in [0, 0.1) is 0 Å². The van der Waals surface area contributed by atoms with Crippen LogP contribution in [-0.4, -0.2) is 69.7 Å². The second-order valence-corrected chi connectivity index (χ2v) is 16.9. The summed E-state index contributed by atoms with van der Waals surface area (Å²) in [5, 5.41) is 18.3. The average molecular weight is 537 g/mol. The van der Waals surface area contributed by atoms with Crippen molar-refractivity contribution in [2.75, 3.05) is 51.1 Å². The summed E-state index contributed by atoms with van der Waals surface area (Å²) < 4.78 is 45.7. The van der Waals surface area contributed by atoms with E-state index in [0.717, 1.165) is 76.0 Å². The van der Waals surface area contributed by atoms with Crippen molar-refractivity contribution in [3.8, 4) is 11.5 Å². The Bertz CT molecular complexity index is 785. The fourth-order valence-electron chi connectivity index (χ4n) is 4.59. The van der Waals surface area contributed by atoms with Gasteiger partial charge in [0.25, 0.3) is 0 Å². The zero-order chi connectivity index (χ0) is 26.2. The van der Waals surface area contributed by atoms with Crippen molar-refractivity contribution in [1.82, 2.24) is 0 Å². The first kappa shape index (κ1) is 32.1. The monoisotopic (exact) mass is 536 g/mol. The first-order valence-electron chi connectivity index (χ1n) is 13.3. The van der Waals surface area contributed by atoms with E-state index in [2.05, 4.69) is 27.7 Å². The maximum absolute atomic E-state index is 14.0. The van der Waals surface area contributed by atoms with Crippen LogP contribution < -0.4 is 9.47 Å². The molecule has 0 amide bonds. The van der Waals surface area contributed by atoms with Gasteiger partial charge in [0.2, 0.25) is 0 Å². The molecule has 1 aromatic carbocycles. The topological polar surface area (TPSA) is 102 Å². The Morgan fingerprint density at radius 1 is 0.743 bits per heavy atom. The summed E-state index contributed by atoms with van der Waals surface area (Å²) in [7, 11) is -4.15. The van der Waals surface area contributed by atoms with E-state index < -0.39 is 16.9 Å². The van der Waals surface area contributed by atoms with Gasteiger partial charge in [-0.1, -0.05) is 0 Å². The second kappa shape index (κ2) is 16.0. The molecule has 0 bridgehead atoms. The van der Waals surface area contributed by atoms with Gasteiger partial charge in [0.15, 0.2) is 0 Å². The predicted molar refractivity (Wildman–Crippen MR) is 146 cm³/mol. The molecule has 7 nitrogen and oxygen atoms in total. The number of unbranched alkanes of at least 4 members (excludes halogenated alkanes) is 4. The first-order chi connectivity index (χ1) is 16.7. The Labute approximate surface area is 213 Å². The number of ether oxygens (including phenoxy) is 2. The van der Waals surface area contributed by atoms with Gasteiger partial charge in [-0.25, -0.2) is 0 Å². The molecular formula is C26H49O7PS. The van der Waals surface area contributed by atoms with Crippen molar-refractivity contribution in [1.29, 1.82) is 0 Å². The molecule has 0 aliphatic rings. The number of hydrogen-bond acceptors (Lipinski definition) is 7. The Morgan fingerprint density at radius 2 is 1.20 bits per heavy atom. The van der Waals surface area contributed by atoms with Gasteiger partial charge in [-0.3, -0.25) is 0 Å². The molecule has 0 saturated heterocycles. The quantitative estimate of drug-likeness (QED) is 0.191. The summed E-state index contributed by atoms with van der Waals surface area (Å²) >= 11 is 0. The zero-order valence-corrected chi connectivity index (χ0v) is 24.0. The first-order valence-corrected chi connectivity index (χ1v) is 17.6. The third kappa shape index (κ3) is 9.81. The van der Waals surface area contributed by atoms with Crippen LogP contribution in [0.3, 0.4) is 0 Å². The van der Waals surface area contributed by atoms with E-state index in [1.165, 1.54) is 12.1 Å². The molecular weight excluding hydrogens is 487 g/mol. The van der Waals surface area contributed by atoms with Gasteiger partial charge in [0.05, 0.1) is 0 Å². The SMILES string of the molecule is CCCCP(CCCC)(CCCC)(CCCC)OS(=O)(=O)c1ccc(OCCO)cc1OCCO. The zero-order valence-electron chi connectivity index (χ0n) is 22.3. The molecule has 0 saturated carbocycles. The fraction of sp³-hybridized carbons (Fsp3) is 0.769. The molecule has 1 aromatic rings. The van der Waals surface area contributed by atoms with E-state index >= 15 is 0 Å². The van der Waals surface area contributed by atoms with E-state index in [-0.39, 0.29) is 37.1 Å². The molecule has 0 atom stereocenters. The molecule has 1 rings (SSSR count). The van der Waals surface area contributed by atoms with E-state index in [0.29, 0.717) is 5.75 Å². The van der Waals surface area contributed by atoms with Crippen molar-refractivity contribution in [3.63, 3.8) is 0 Å². The van der Waals surface area contributed by atoms with Crippen molar-refractivity contribution >= 4 is 16.9 Å². The summed E-state index contributed by atoms with van der Waals surface area (Å²) in [5.74, 6) is 0.487. The van der Waals surface area contributed by atoms with Crippen molar-refractivity contribution < 1.29 is 32.1 Å². The van der Waals surface area contributed by atoms with Crippen molar-refractivity contribution in [3.05, 3.63) is 18.2 Å². The molecule has 0 spiro atoms. The van der Waals surface area contributed by atoms with Gasteiger partial charge >= 0.3 is 214 Å². The van der Waals surface area contributed by atoms with Gasteiger partial charge in [0, 0.05) is 0 Å². The molecule has 0 radical (unpaired) electrons. The van der Waals surface area contributed by atoms with Crippen LogP contribution in [0.4, 0.5) is 0 Å². The van der Waals surface area contributed by atoms with E-state index in [4.69, 9.17) is 18.6 Å². The van der Waals surface area contributed by atoms with Crippen molar-refractivity contribution in [2.24, 2.45) is 0 Å². The summed E-state index contributed by atoms with van der Waals surface area (Å²) in [6.45, 7) is 5.11. The maximum atomic E-state index is 14.0. The van der Waals surface area contributed by atoms with Crippen LogP contribution >= 0.6 is 6.83 Å². The number of benzene rings is 1. The Kier molecular flexibility index (Phi) is 14.7. The minimum absolute atomic E-state index is 0.0303. The van der Waals surface area contributed by atoms with Crippen LogP contribution in [0.15, 0.2) is 23.1 Å². The molecule has 0 aliphatic heterocycles. The van der Waals surface area contributed by atoms with Crippen molar-refractivity contribution in [2.45, 2.75) is 84.0 Å². The fourth-order valence-corrected chi connectivity index (χ4v) is 14.7. The minimum atomic E-state index is -4.15. The molecule has 2 N–H and O–H groups in total. The van der Waals surface area contributed by atoms with E-state index in [1.807, 2.05) is 0 Å². The number of aliphatic hydroxyl groups excluding tert-OH is 2. The predicted octanol–water partition coefficient (Wildman–Crippen LogP) is 5.80. The Balaban J connectivity index is 3.62. The summed E-state index contributed by atoms with van der Waals surface area (Å²) in [5.41, 5.74) is 0. The molecule has 0 unspecified atom stereocenters. The van der Waals surface area contributed by atoms with Gasteiger partial charge in [-0.15, -0.1) is 0 Å². The average Bonchev–Trinajstić information content (AvgIpc) is 2.86. The molecule has 0 aliphatic carbocycles. The number of rotatable bonds is 21. The van der Waals surface area contributed by atoms with Gasteiger partial charge in [0.1, 0.15) is 0 Å². The third-order valence-corrected chi connectivity index (χ3v) is 15.6. The van der Waals surface area contributed by atoms with Gasteiger partial charge in [-0.2, -0.15) is 0 Å². The molecule has 0 fully saturated rings. The molecule has 206 valence electrons. The third-order valence-electron chi connectivity index (χ3n) is 6.51. The molecule has 0 aromatic heterocycles. The van der Waals surface area contributed by atoms with Crippen LogP contribution in [0.1, 0.15) is 79.1 Å². The van der Waals surface area contributed by atoms with Gasteiger partial charge < -0.3 is 0 Å². The number of aliphatic hydroxyl groups is 2. The Hall–Kier alpha value is -0.920. The van der Waals surface area contributed by atoms with E-state index in [9.17, 15) is 13.5 Å². The standard InChI is InChI=1S/C26H49O7PS/c1-5-9-19-34(20-10-6-2,21-11-7-3,22-12-8-4)33-35(29,30)26-14-13-24(31-17-15-27)23-25(26)32-18-16-28/h13-14,23,27-28H,5-12,15-22H2,1-4H3. The number of hydrogen-bond donors (Lipinski definition) is 2. The van der Waals surface area contributed by atoms with Crippen LogP contribution in [-0.2, 0) is 14.1 Å². The van der Waals surface area contributed by atoms with E-state index in [1.54, 1.807) is 6.07 Å². The van der Waals surface area contributed by atoms with Crippen LogP contribution in [0.2, 0.25) is 0 Å². The molecule has 9 heteroatoms. The van der Waals surface area contributed by atoms with Gasteiger partial charge in [-0.05, 0) is 0 Å². The molecule has 0 heterocycles. The van der Waals surface area contributed by atoms with Crippen LogP contribution in [0.5, 0.6) is 11.5 Å². The normalized spacial score (nSPS) is 13.4. The molecule has 35 heavy (non-hydrogen) atoms. The summed E-state index contributed by atoms with van der Waals surface area (Å²) in [6, 6.07) is 4.51. The summed E-state index contributed by atoms with van der Waals surface area (Å²) in [6.07, 6.45) is 11.1. The Morgan fingerprint density at radius 3 is 1.63 bits per heavy atom. The van der Waals surface area contributed by atoms with Crippen LogP contribution in [0.25, 0.3) is 0 Å². The second-order valence-electron chi connectivity index (χ2n) is 9.45. The summed E-state index contributed by atoms with van der Waals surface area (Å²) in [4.78, 5) is -0.0303.